The molecule has 0 amide bonds. The number of sulfonamides is 1. The van der Waals surface area contributed by atoms with E-state index in [2.05, 4.69) is 9.62 Å². The van der Waals surface area contributed by atoms with Gasteiger partial charge < -0.3 is 5.73 Å². The van der Waals surface area contributed by atoms with Gasteiger partial charge in [0.2, 0.25) is 10.0 Å². The highest BCUT2D eigenvalue weighted by atomic mass is 32.2. The minimum atomic E-state index is -3.79. The number of fused-ring (bicyclic) bond motifs is 1. The number of para-hydroxylation sites is 1. The molecule has 2 saturated heterocycles. The topological polar surface area (TPSA) is 75.4 Å². The van der Waals surface area contributed by atoms with Crippen LogP contribution in [0.1, 0.15) is 25.7 Å². The van der Waals surface area contributed by atoms with Crippen molar-refractivity contribution in [3.63, 3.8) is 0 Å². The fourth-order valence-corrected chi connectivity index (χ4v) is 4.84. The zero-order valence-electron chi connectivity index (χ0n) is 11.8. The molecule has 2 unspecified atom stereocenters. The third-order valence-electron chi connectivity index (χ3n) is 4.46. The number of nitrogen functional groups attached to an aromatic ring is 1. The highest BCUT2D eigenvalue weighted by Crippen LogP contribution is 2.29. The Morgan fingerprint density at radius 2 is 2.05 bits per heavy atom. The molecular weight excluding hydrogens is 293 g/mol. The summed E-state index contributed by atoms with van der Waals surface area (Å²) >= 11 is 0. The fourth-order valence-electron chi connectivity index (χ4n) is 3.40. The van der Waals surface area contributed by atoms with Crippen molar-refractivity contribution < 1.29 is 12.8 Å². The van der Waals surface area contributed by atoms with Crippen LogP contribution >= 0.6 is 0 Å². The summed E-state index contributed by atoms with van der Waals surface area (Å²) in [5.74, 6) is -0.705. The van der Waals surface area contributed by atoms with E-state index in [9.17, 15) is 12.8 Å². The standard InChI is InChI=1S/C14H20FN3O2S/c15-10-4-3-6-13(14(10)16)21(19,20)17-11-7-9-18-8-2-1-5-12(11)18/h3-4,6,11-12,17H,1-2,5,7-9,16H2. The molecule has 0 aromatic heterocycles. The maximum atomic E-state index is 13.5. The van der Waals surface area contributed by atoms with Crippen LogP contribution in [0.4, 0.5) is 10.1 Å². The predicted molar refractivity (Wildman–Crippen MR) is 78.8 cm³/mol. The molecule has 0 saturated carbocycles. The zero-order valence-corrected chi connectivity index (χ0v) is 12.6. The molecular formula is C14H20FN3O2S. The lowest BCUT2D eigenvalue weighted by Crippen LogP contribution is -2.46. The van der Waals surface area contributed by atoms with Gasteiger partial charge in [0, 0.05) is 18.6 Å². The number of piperidine rings is 1. The van der Waals surface area contributed by atoms with E-state index in [4.69, 9.17) is 5.73 Å². The smallest absolute Gasteiger partial charge is 0.243 e. The third kappa shape index (κ3) is 2.77. The van der Waals surface area contributed by atoms with E-state index in [-0.39, 0.29) is 22.7 Å². The molecule has 0 radical (unpaired) electrons. The van der Waals surface area contributed by atoms with E-state index < -0.39 is 15.8 Å². The van der Waals surface area contributed by atoms with Gasteiger partial charge in [0.05, 0.1) is 5.69 Å². The summed E-state index contributed by atoms with van der Waals surface area (Å²) in [6.07, 6.45) is 4.10. The monoisotopic (exact) mass is 313 g/mol. The Labute approximate surface area is 124 Å². The highest BCUT2D eigenvalue weighted by molar-refractivity contribution is 7.89. The molecule has 3 N–H and O–H groups in total. The van der Waals surface area contributed by atoms with Gasteiger partial charge in [-0.3, -0.25) is 4.90 Å². The lowest BCUT2D eigenvalue weighted by atomic mass is 10.00. The Kier molecular flexibility index (Phi) is 3.90. The minimum Gasteiger partial charge on any atom is -0.395 e. The summed E-state index contributed by atoms with van der Waals surface area (Å²) in [6.45, 7) is 1.95. The van der Waals surface area contributed by atoms with E-state index in [1.165, 1.54) is 18.6 Å². The van der Waals surface area contributed by atoms with Crippen LogP contribution in [0.3, 0.4) is 0 Å². The van der Waals surface area contributed by atoms with Crippen molar-refractivity contribution in [2.75, 3.05) is 18.8 Å². The average Bonchev–Trinajstić information content (AvgIpc) is 2.84. The molecule has 2 aliphatic rings. The summed E-state index contributed by atoms with van der Waals surface area (Å²) in [5.41, 5.74) is 5.25. The van der Waals surface area contributed by atoms with Crippen molar-refractivity contribution in [2.24, 2.45) is 0 Å². The van der Waals surface area contributed by atoms with Gasteiger partial charge in [0.15, 0.2) is 0 Å². The largest absolute Gasteiger partial charge is 0.395 e. The third-order valence-corrected chi connectivity index (χ3v) is 6.01. The van der Waals surface area contributed by atoms with E-state index in [0.29, 0.717) is 0 Å². The average molecular weight is 313 g/mol. The lowest BCUT2D eigenvalue weighted by Gasteiger charge is -2.32. The van der Waals surface area contributed by atoms with Gasteiger partial charge in [-0.25, -0.2) is 17.5 Å². The van der Waals surface area contributed by atoms with Crippen molar-refractivity contribution in [2.45, 2.75) is 42.7 Å². The fraction of sp³-hybridized carbons (Fsp3) is 0.571. The molecule has 21 heavy (non-hydrogen) atoms. The van der Waals surface area contributed by atoms with Crippen LogP contribution in [-0.2, 0) is 10.0 Å². The van der Waals surface area contributed by atoms with E-state index in [1.54, 1.807) is 0 Å². The molecule has 116 valence electrons. The molecule has 5 nitrogen and oxygen atoms in total. The number of nitrogens with one attached hydrogen (secondary N) is 1. The second-order valence-electron chi connectivity index (χ2n) is 5.77. The van der Waals surface area contributed by atoms with Crippen molar-refractivity contribution in [3.8, 4) is 0 Å². The quantitative estimate of drug-likeness (QED) is 0.825. The van der Waals surface area contributed by atoms with Crippen LogP contribution in [0, 0.1) is 5.82 Å². The van der Waals surface area contributed by atoms with Gasteiger partial charge in [-0.15, -0.1) is 0 Å². The van der Waals surface area contributed by atoms with Crippen LogP contribution in [0.15, 0.2) is 23.1 Å². The number of rotatable bonds is 3. The normalized spacial score (nSPS) is 26.7. The van der Waals surface area contributed by atoms with Gasteiger partial charge >= 0.3 is 0 Å². The molecule has 2 aliphatic heterocycles. The number of nitrogens with zero attached hydrogens (tertiary/aromatic N) is 1. The summed E-state index contributed by atoms with van der Waals surface area (Å²) in [7, 11) is -3.79. The van der Waals surface area contributed by atoms with Gasteiger partial charge in [-0.1, -0.05) is 12.5 Å². The first-order chi connectivity index (χ1) is 9.99. The number of nitrogens with two attached hydrogens (primary N) is 1. The molecule has 0 spiro atoms. The van der Waals surface area contributed by atoms with Crippen molar-refractivity contribution in [1.82, 2.24) is 9.62 Å². The van der Waals surface area contributed by atoms with Crippen molar-refractivity contribution in [1.29, 1.82) is 0 Å². The Hall–Kier alpha value is -1.18. The van der Waals surface area contributed by atoms with Crippen molar-refractivity contribution >= 4 is 15.7 Å². The molecule has 7 heteroatoms. The Morgan fingerprint density at radius 1 is 1.24 bits per heavy atom. The van der Waals surface area contributed by atoms with Crippen molar-refractivity contribution in [3.05, 3.63) is 24.0 Å². The molecule has 1 aromatic rings. The number of benzene rings is 1. The summed E-state index contributed by atoms with van der Waals surface area (Å²) in [4.78, 5) is 2.17. The van der Waals surface area contributed by atoms with Crippen LogP contribution in [0.25, 0.3) is 0 Å². The Bertz CT molecular complexity index is 635. The molecule has 0 aliphatic carbocycles. The van der Waals surface area contributed by atoms with E-state index in [0.717, 1.165) is 38.4 Å². The molecule has 2 fully saturated rings. The SMILES string of the molecule is Nc1c(F)cccc1S(=O)(=O)NC1CCN2CCCCC12. The maximum absolute atomic E-state index is 13.5. The van der Waals surface area contributed by atoms with E-state index in [1.807, 2.05) is 0 Å². The number of hydrogen-bond acceptors (Lipinski definition) is 4. The molecule has 0 bridgehead atoms. The van der Waals surface area contributed by atoms with Gasteiger partial charge in [-0.05, 0) is 37.9 Å². The first kappa shape index (κ1) is 14.7. The molecule has 2 heterocycles. The first-order valence-electron chi connectivity index (χ1n) is 7.29. The number of hydrogen-bond donors (Lipinski definition) is 2. The van der Waals surface area contributed by atoms with Gasteiger partial charge in [-0.2, -0.15) is 0 Å². The predicted octanol–water partition coefficient (Wildman–Crippen LogP) is 1.31. The summed E-state index contributed by atoms with van der Waals surface area (Å²) in [6, 6.07) is 4.00. The van der Waals surface area contributed by atoms with Crippen LogP contribution < -0.4 is 10.5 Å². The maximum Gasteiger partial charge on any atom is 0.243 e. The molecule has 3 rings (SSSR count). The second kappa shape index (κ2) is 5.55. The molecule has 1 aromatic carbocycles. The van der Waals surface area contributed by atoms with Crippen LogP contribution in [-0.4, -0.2) is 38.5 Å². The second-order valence-corrected chi connectivity index (χ2v) is 7.45. The zero-order chi connectivity index (χ0) is 15.0. The van der Waals surface area contributed by atoms with Crippen LogP contribution in [0.5, 0.6) is 0 Å². The summed E-state index contributed by atoms with van der Waals surface area (Å²) < 4.78 is 41.1. The van der Waals surface area contributed by atoms with Crippen LogP contribution in [0.2, 0.25) is 0 Å². The molecule has 2 atom stereocenters. The summed E-state index contributed by atoms with van der Waals surface area (Å²) in [5, 5.41) is 0. The van der Waals surface area contributed by atoms with Gasteiger partial charge in [0.25, 0.3) is 0 Å². The van der Waals surface area contributed by atoms with Gasteiger partial charge in [0.1, 0.15) is 10.7 Å². The highest BCUT2D eigenvalue weighted by Gasteiger charge is 2.38. The van der Waals surface area contributed by atoms with E-state index >= 15 is 0 Å². The number of anilines is 1. The Morgan fingerprint density at radius 3 is 2.86 bits per heavy atom. The first-order valence-corrected chi connectivity index (χ1v) is 8.78. The Balaban J connectivity index is 1.82. The minimum absolute atomic E-state index is 0.113. The lowest BCUT2D eigenvalue weighted by molar-refractivity contribution is 0.186. The number of halogens is 1.